The van der Waals surface area contributed by atoms with Gasteiger partial charge in [-0.05, 0) is 44.1 Å². The Morgan fingerprint density at radius 1 is 1.00 bits per heavy atom. The van der Waals surface area contributed by atoms with Gasteiger partial charge in [-0.3, -0.25) is 5.10 Å². The molecule has 30 heavy (non-hydrogen) atoms. The van der Waals surface area contributed by atoms with Crippen LogP contribution in [0.3, 0.4) is 0 Å². The van der Waals surface area contributed by atoms with Gasteiger partial charge in [0.15, 0.2) is 0 Å². The number of benzene rings is 1. The predicted molar refractivity (Wildman–Crippen MR) is 117 cm³/mol. The molecule has 0 bridgehead atoms. The first-order chi connectivity index (χ1) is 14.8. The number of H-pyrrole nitrogens is 1. The molecule has 8 heteroatoms. The maximum atomic E-state index is 9.39. The molecule has 0 amide bonds. The Kier molecular flexibility index (Phi) is 6.09. The summed E-state index contributed by atoms with van der Waals surface area (Å²) in [5.41, 5.74) is 3.66. The standard InChI is InChI=1S/C18H10N6S.C4H9N.H2/c19-6-12-3-1-2-4-16(12)25-17-5-13(15-8-21-22-9-15)11-24-18(17)14(7-20)10-23-24;1-2-4-5-3-1;/h1-5,8-11H,(H,21,22);5H,1-4H2;1H. The lowest BCUT2D eigenvalue weighted by Gasteiger charge is -2.09. The van der Waals surface area contributed by atoms with E-state index in [4.69, 9.17) is 0 Å². The van der Waals surface area contributed by atoms with Gasteiger partial charge in [0, 0.05) is 34.7 Å². The van der Waals surface area contributed by atoms with Gasteiger partial charge in [-0.2, -0.15) is 20.7 Å². The molecule has 0 saturated carbocycles. The molecule has 3 aromatic heterocycles. The predicted octanol–water partition coefficient (Wildman–Crippen LogP) is 4.23. The molecule has 1 fully saturated rings. The first-order valence-electron chi connectivity index (χ1n) is 9.58. The molecule has 1 aromatic carbocycles. The quantitative estimate of drug-likeness (QED) is 0.519. The van der Waals surface area contributed by atoms with Gasteiger partial charge in [-0.15, -0.1) is 0 Å². The van der Waals surface area contributed by atoms with Crippen molar-refractivity contribution >= 4 is 17.3 Å². The lowest BCUT2D eigenvalue weighted by atomic mass is 10.1. The molecular weight excluding hydrogens is 394 g/mol. The van der Waals surface area contributed by atoms with Crippen molar-refractivity contribution in [1.82, 2.24) is 25.1 Å². The Labute approximate surface area is 179 Å². The number of aromatic amines is 1. The van der Waals surface area contributed by atoms with E-state index in [1.165, 1.54) is 37.7 Å². The third kappa shape index (κ3) is 4.20. The Morgan fingerprint density at radius 2 is 1.80 bits per heavy atom. The Bertz CT molecular complexity index is 1220. The van der Waals surface area contributed by atoms with Crippen LogP contribution in [0.1, 0.15) is 25.4 Å². The summed E-state index contributed by atoms with van der Waals surface area (Å²) in [5, 5.41) is 33.0. The zero-order valence-electron chi connectivity index (χ0n) is 16.2. The van der Waals surface area contributed by atoms with E-state index in [0.29, 0.717) is 11.1 Å². The molecule has 4 aromatic rings. The van der Waals surface area contributed by atoms with Crippen LogP contribution >= 0.6 is 11.8 Å². The van der Waals surface area contributed by atoms with E-state index in [-0.39, 0.29) is 1.43 Å². The molecule has 0 aliphatic carbocycles. The van der Waals surface area contributed by atoms with Gasteiger partial charge in [0.2, 0.25) is 0 Å². The average molecular weight is 416 g/mol. The molecule has 5 rings (SSSR count). The van der Waals surface area contributed by atoms with E-state index in [0.717, 1.165) is 26.4 Å². The second-order valence-corrected chi connectivity index (χ2v) is 7.79. The first kappa shape index (κ1) is 19.7. The number of hydrogen-bond donors (Lipinski definition) is 2. The van der Waals surface area contributed by atoms with Crippen LogP contribution in [0.15, 0.2) is 64.9 Å². The van der Waals surface area contributed by atoms with E-state index in [2.05, 4.69) is 32.8 Å². The highest BCUT2D eigenvalue weighted by molar-refractivity contribution is 7.99. The fourth-order valence-electron chi connectivity index (χ4n) is 3.20. The van der Waals surface area contributed by atoms with Crippen molar-refractivity contribution in [3.63, 3.8) is 0 Å². The monoisotopic (exact) mass is 415 g/mol. The van der Waals surface area contributed by atoms with Crippen molar-refractivity contribution in [3.8, 4) is 23.3 Å². The molecule has 4 heterocycles. The number of hydrogen-bond acceptors (Lipinski definition) is 6. The molecule has 2 N–H and O–H groups in total. The van der Waals surface area contributed by atoms with Crippen molar-refractivity contribution < 1.29 is 1.43 Å². The van der Waals surface area contributed by atoms with Gasteiger partial charge in [-0.25, -0.2) is 4.52 Å². The van der Waals surface area contributed by atoms with E-state index in [1.54, 1.807) is 29.2 Å². The molecule has 0 atom stereocenters. The smallest absolute Gasteiger partial charge is 0.103 e. The number of nitriles is 2. The van der Waals surface area contributed by atoms with E-state index >= 15 is 0 Å². The Balaban J connectivity index is 0.000000401. The lowest BCUT2D eigenvalue weighted by molar-refractivity contribution is 0.857. The molecule has 7 nitrogen and oxygen atoms in total. The van der Waals surface area contributed by atoms with Crippen LogP contribution in [0.5, 0.6) is 0 Å². The molecule has 1 aliphatic rings. The van der Waals surface area contributed by atoms with Crippen molar-refractivity contribution in [1.29, 1.82) is 10.5 Å². The third-order valence-corrected chi connectivity index (χ3v) is 5.82. The zero-order valence-corrected chi connectivity index (χ0v) is 17.0. The maximum absolute atomic E-state index is 9.39. The van der Waals surface area contributed by atoms with E-state index in [1.807, 2.05) is 30.5 Å². The van der Waals surface area contributed by atoms with Crippen molar-refractivity contribution in [2.75, 3.05) is 13.1 Å². The molecule has 150 valence electrons. The number of pyridine rings is 1. The fraction of sp³-hybridized carbons (Fsp3) is 0.182. The largest absolute Gasteiger partial charge is 0.317 e. The van der Waals surface area contributed by atoms with Crippen molar-refractivity contribution in [2.45, 2.75) is 22.6 Å². The molecular formula is C22H21N7S. The summed E-state index contributed by atoms with van der Waals surface area (Å²) in [6.07, 6.45) is 9.72. The van der Waals surface area contributed by atoms with Crippen LogP contribution in [0.2, 0.25) is 0 Å². The summed E-state index contributed by atoms with van der Waals surface area (Å²) in [5.74, 6) is 0. The van der Waals surface area contributed by atoms with Crippen LogP contribution in [-0.4, -0.2) is 32.9 Å². The lowest BCUT2D eigenvalue weighted by Crippen LogP contribution is -2.03. The topological polar surface area (TPSA) is 106 Å². The second kappa shape index (κ2) is 9.27. The van der Waals surface area contributed by atoms with Crippen molar-refractivity contribution in [3.05, 3.63) is 66.2 Å². The summed E-state index contributed by atoms with van der Waals surface area (Å²) < 4.78 is 1.69. The summed E-state index contributed by atoms with van der Waals surface area (Å²) >= 11 is 1.45. The summed E-state index contributed by atoms with van der Waals surface area (Å²) in [6, 6.07) is 13.8. The van der Waals surface area contributed by atoms with Gasteiger partial charge in [0.1, 0.15) is 12.1 Å². The third-order valence-electron chi connectivity index (χ3n) is 4.71. The minimum absolute atomic E-state index is 0. The van der Waals surface area contributed by atoms with Crippen LogP contribution in [0.25, 0.3) is 16.6 Å². The van der Waals surface area contributed by atoms with Crippen LogP contribution < -0.4 is 5.32 Å². The number of nitrogens with zero attached hydrogens (tertiary/aromatic N) is 5. The van der Waals surface area contributed by atoms with E-state index < -0.39 is 0 Å². The van der Waals surface area contributed by atoms with Crippen LogP contribution in [0, 0.1) is 22.7 Å². The molecule has 0 spiro atoms. The van der Waals surface area contributed by atoms with Gasteiger partial charge < -0.3 is 5.32 Å². The van der Waals surface area contributed by atoms with Gasteiger partial charge >= 0.3 is 0 Å². The zero-order chi connectivity index (χ0) is 20.8. The molecule has 1 aliphatic heterocycles. The van der Waals surface area contributed by atoms with E-state index in [9.17, 15) is 10.5 Å². The summed E-state index contributed by atoms with van der Waals surface area (Å²) in [7, 11) is 0. The Morgan fingerprint density at radius 3 is 2.47 bits per heavy atom. The van der Waals surface area contributed by atoms with Gasteiger partial charge in [0.25, 0.3) is 0 Å². The highest BCUT2D eigenvalue weighted by Crippen LogP contribution is 2.36. The molecule has 1 saturated heterocycles. The van der Waals surface area contributed by atoms with Gasteiger partial charge in [-0.1, -0.05) is 23.9 Å². The number of aromatic nitrogens is 4. The van der Waals surface area contributed by atoms with Crippen LogP contribution in [-0.2, 0) is 0 Å². The summed E-state index contributed by atoms with van der Waals surface area (Å²) in [4.78, 5) is 1.69. The minimum atomic E-state index is 0. The molecule has 0 unspecified atom stereocenters. The SMILES string of the molecule is C1CCNC1.N#Cc1ccccc1Sc1cc(-c2cn[nH]c2)cn2ncc(C#N)c12.[HH]. The number of rotatable bonds is 3. The summed E-state index contributed by atoms with van der Waals surface area (Å²) in [6.45, 7) is 2.50. The normalized spacial score (nSPS) is 12.7. The fourth-order valence-corrected chi connectivity index (χ4v) is 4.30. The number of fused-ring (bicyclic) bond motifs is 1. The molecule has 0 radical (unpaired) electrons. The van der Waals surface area contributed by atoms with Crippen molar-refractivity contribution in [2.24, 2.45) is 0 Å². The van der Waals surface area contributed by atoms with Gasteiger partial charge in [0.05, 0.1) is 29.0 Å². The Hall–Kier alpha value is -3.59. The first-order valence-corrected chi connectivity index (χ1v) is 10.4. The average Bonchev–Trinajstić information content (AvgIpc) is 3.57. The second-order valence-electron chi connectivity index (χ2n) is 6.71. The highest BCUT2D eigenvalue weighted by atomic mass is 32.2. The maximum Gasteiger partial charge on any atom is 0.103 e. The highest BCUT2D eigenvalue weighted by Gasteiger charge is 2.15. The number of nitrogens with one attached hydrogen (secondary N) is 2. The minimum Gasteiger partial charge on any atom is -0.317 e. The van der Waals surface area contributed by atoms with Crippen LogP contribution in [0.4, 0.5) is 0 Å².